The lowest BCUT2D eigenvalue weighted by Crippen LogP contribution is -2.23. The van der Waals surface area contributed by atoms with Crippen LogP contribution in [-0.4, -0.2) is 34.7 Å². The Balaban J connectivity index is 1.64. The number of hydrogen-bond acceptors (Lipinski definition) is 5. The van der Waals surface area contributed by atoms with Crippen molar-refractivity contribution in [3.63, 3.8) is 0 Å². The summed E-state index contributed by atoms with van der Waals surface area (Å²) in [6, 6.07) is 12.4. The quantitative estimate of drug-likeness (QED) is 0.733. The summed E-state index contributed by atoms with van der Waals surface area (Å²) in [6.07, 6.45) is 7.68. The maximum absolute atomic E-state index is 5.44. The Hall–Kier alpha value is -2.79. The zero-order chi connectivity index (χ0) is 18.5. The molecule has 0 atom stereocenters. The van der Waals surface area contributed by atoms with E-state index in [1.165, 1.54) is 5.56 Å². The molecule has 27 heavy (non-hydrogen) atoms. The second-order valence-electron chi connectivity index (χ2n) is 6.99. The second-order valence-corrected chi connectivity index (χ2v) is 6.99. The van der Waals surface area contributed by atoms with Gasteiger partial charge in [0.15, 0.2) is 0 Å². The SMILES string of the molecule is Cc1ccc(-c2nc(NCC3CCOCC3)ncc2-c2ccncc2)cc1. The number of aryl methyl sites for hydroxylation is 1. The van der Waals surface area contributed by atoms with Crippen LogP contribution in [0.15, 0.2) is 55.0 Å². The third-order valence-corrected chi connectivity index (χ3v) is 4.99. The third-order valence-electron chi connectivity index (χ3n) is 4.99. The number of rotatable bonds is 5. The van der Waals surface area contributed by atoms with Gasteiger partial charge in [0.05, 0.1) is 5.69 Å². The van der Waals surface area contributed by atoms with Crippen molar-refractivity contribution < 1.29 is 4.74 Å². The summed E-state index contributed by atoms with van der Waals surface area (Å²) in [5.74, 6) is 1.29. The summed E-state index contributed by atoms with van der Waals surface area (Å²) >= 11 is 0. The standard InChI is InChI=1S/C22H24N4O/c1-16-2-4-19(5-3-16)21-20(18-6-10-23-11-7-18)15-25-22(26-21)24-14-17-8-12-27-13-9-17/h2-7,10-11,15,17H,8-9,12-14H2,1H3,(H,24,25,26). The van der Waals surface area contributed by atoms with Crippen molar-refractivity contribution in [1.82, 2.24) is 15.0 Å². The molecule has 3 aromatic rings. The molecule has 0 unspecified atom stereocenters. The van der Waals surface area contributed by atoms with E-state index >= 15 is 0 Å². The van der Waals surface area contributed by atoms with Crippen molar-refractivity contribution in [2.75, 3.05) is 25.1 Å². The number of aromatic nitrogens is 3. The van der Waals surface area contributed by atoms with Crippen LogP contribution in [0.2, 0.25) is 0 Å². The molecular weight excluding hydrogens is 336 g/mol. The zero-order valence-electron chi connectivity index (χ0n) is 15.6. The van der Waals surface area contributed by atoms with Crippen molar-refractivity contribution in [2.45, 2.75) is 19.8 Å². The fourth-order valence-corrected chi connectivity index (χ4v) is 3.33. The Morgan fingerprint density at radius 2 is 1.74 bits per heavy atom. The molecule has 0 saturated carbocycles. The smallest absolute Gasteiger partial charge is 0.223 e. The van der Waals surface area contributed by atoms with E-state index in [-0.39, 0.29) is 0 Å². The van der Waals surface area contributed by atoms with Gasteiger partial charge in [-0.05, 0) is 43.4 Å². The highest BCUT2D eigenvalue weighted by Crippen LogP contribution is 2.30. The molecule has 0 amide bonds. The Morgan fingerprint density at radius 1 is 1.00 bits per heavy atom. The fourth-order valence-electron chi connectivity index (χ4n) is 3.33. The van der Waals surface area contributed by atoms with Crippen molar-refractivity contribution in [3.05, 3.63) is 60.6 Å². The van der Waals surface area contributed by atoms with Crippen LogP contribution in [-0.2, 0) is 4.74 Å². The van der Waals surface area contributed by atoms with Gasteiger partial charge in [0.2, 0.25) is 5.95 Å². The Kier molecular flexibility index (Phi) is 5.39. The van der Waals surface area contributed by atoms with E-state index in [1.54, 1.807) is 12.4 Å². The maximum atomic E-state index is 5.44. The van der Waals surface area contributed by atoms with Gasteiger partial charge in [0.1, 0.15) is 0 Å². The molecule has 0 bridgehead atoms. The van der Waals surface area contributed by atoms with Crippen molar-refractivity contribution >= 4 is 5.95 Å². The number of benzene rings is 1. The van der Waals surface area contributed by atoms with Gasteiger partial charge in [-0.1, -0.05) is 29.8 Å². The van der Waals surface area contributed by atoms with E-state index in [2.05, 4.69) is 46.5 Å². The minimum Gasteiger partial charge on any atom is -0.381 e. The van der Waals surface area contributed by atoms with Gasteiger partial charge < -0.3 is 10.1 Å². The van der Waals surface area contributed by atoms with E-state index in [9.17, 15) is 0 Å². The van der Waals surface area contributed by atoms with Crippen molar-refractivity contribution in [1.29, 1.82) is 0 Å². The van der Waals surface area contributed by atoms with Crippen LogP contribution in [0, 0.1) is 12.8 Å². The zero-order valence-corrected chi connectivity index (χ0v) is 15.6. The predicted octanol–water partition coefficient (Wildman–Crippen LogP) is 4.35. The van der Waals surface area contributed by atoms with Gasteiger partial charge in [0, 0.05) is 49.5 Å². The van der Waals surface area contributed by atoms with Gasteiger partial charge in [0.25, 0.3) is 0 Å². The molecule has 0 spiro atoms. The number of pyridine rings is 1. The Bertz CT molecular complexity index is 875. The second kappa shape index (κ2) is 8.27. The van der Waals surface area contributed by atoms with Crippen molar-refractivity contribution in [3.8, 4) is 22.4 Å². The summed E-state index contributed by atoms with van der Waals surface area (Å²) in [5, 5.41) is 3.42. The largest absolute Gasteiger partial charge is 0.381 e. The Morgan fingerprint density at radius 3 is 2.48 bits per heavy atom. The van der Waals surface area contributed by atoms with Crippen LogP contribution in [0.25, 0.3) is 22.4 Å². The molecule has 1 aliphatic heterocycles. The molecule has 5 nitrogen and oxygen atoms in total. The number of nitrogens with zero attached hydrogens (tertiary/aromatic N) is 3. The van der Waals surface area contributed by atoms with Crippen LogP contribution >= 0.6 is 0 Å². The monoisotopic (exact) mass is 360 g/mol. The molecule has 0 aliphatic carbocycles. The molecular formula is C22H24N4O. The first kappa shape index (κ1) is 17.6. The van der Waals surface area contributed by atoms with Gasteiger partial charge >= 0.3 is 0 Å². The first-order chi connectivity index (χ1) is 13.3. The number of nitrogens with one attached hydrogen (secondary N) is 1. The van der Waals surface area contributed by atoms with Crippen LogP contribution < -0.4 is 5.32 Å². The molecule has 3 heterocycles. The lowest BCUT2D eigenvalue weighted by Gasteiger charge is -2.22. The first-order valence-corrected chi connectivity index (χ1v) is 9.46. The van der Waals surface area contributed by atoms with Gasteiger partial charge in [-0.3, -0.25) is 4.98 Å². The average Bonchev–Trinajstić information content (AvgIpc) is 2.74. The van der Waals surface area contributed by atoms with E-state index in [1.807, 2.05) is 18.3 Å². The predicted molar refractivity (Wildman–Crippen MR) is 107 cm³/mol. The molecule has 5 heteroatoms. The number of anilines is 1. The summed E-state index contributed by atoms with van der Waals surface area (Å²) in [5.41, 5.74) is 5.33. The summed E-state index contributed by atoms with van der Waals surface area (Å²) < 4.78 is 5.44. The van der Waals surface area contributed by atoms with Crippen LogP contribution in [0.5, 0.6) is 0 Å². The fraction of sp³-hybridized carbons (Fsp3) is 0.318. The topological polar surface area (TPSA) is 59.9 Å². The summed E-state index contributed by atoms with van der Waals surface area (Å²) in [7, 11) is 0. The van der Waals surface area contributed by atoms with E-state index < -0.39 is 0 Å². The van der Waals surface area contributed by atoms with Crippen LogP contribution in [0.4, 0.5) is 5.95 Å². The molecule has 1 fully saturated rings. The van der Waals surface area contributed by atoms with Gasteiger partial charge in [-0.25, -0.2) is 9.97 Å². The maximum Gasteiger partial charge on any atom is 0.223 e. The normalized spacial score (nSPS) is 14.9. The molecule has 4 rings (SSSR count). The summed E-state index contributed by atoms with van der Waals surface area (Å²) in [6.45, 7) is 4.67. The molecule has 2 aromatic heterocycles. The van der Waals surface area contributed by atoms with Crippen LogP contribution in [0.3, 0.4) is 0 Å². The van der Waals surface area contributed by atoms with E-state index in [0.29, 0.717) is 11.9 Å². The molecule has 1 aliphatic rings. The minimum absolute atomic E-state index is 0.616. The summed E-state index contributed by atoms with van der Waals surface area (Å²) in [4.78, 5) is 13.5. The number of hydrogen-bond donors (Lipinski definition) is 1. The van der Waals surface area contributed by atoms with Gasteiger partial charge in [-0.15, -0.1) is 0 Å². The highest BCUT2D eigenvalue weighted by Gasteiger charge is 2.15. The van der Waals surface area contributed by atoms with Crippen molar-refractivity contribution in [2.24, 2.45) is 5.92 Å². The Labute approximate surface area is 159 Å². The van der Waals surface area contributed by atoms with E-state index in [4.69, 9.17) is 9.72 Å². The van der Waals surface area contributed by atoms with Gasteiger partial charge in [-0.2, -0.15) is 0 Å². The molecule has 138 valence electrons. The molecule has 1 aromatic carbocycles. The highest BCUT2D eigenvalue weighted by molar-refractivity contribution is 5.80. The van der Waals surface area contributed by atoms with Crippen LogP contribution in [0.1, 0.15) is 18.4 Å². The average molecular weight is 360 g/mol. The lowest BCUT2D eigenvalue weighted by molar-refractivity contribution is 0.0699. The molecule has 1 N–H and O–H groups in total. The molecule has 1 saturated heterocycles. The number of ether oxygens (including phenoxy) is 1. The molecule has 0 radical (unpaired) electrons. The first-order valence-electron chi connectivity index (χ1n) is 9.46. The third kappa shape index (κ3) is 4.31. The lowest BCUT2D eigenvalue weighted by atomic mass is 10.0. The minimum atomic E-state index is 0.616. The highest BCUT2D eigenvalue weighted by atomic mass is 16.5. The van der Waals surface area contributed by atoms with E-state index in [0.717, 1.165) is 55.0 Å².